The summed E-state index contributed by atoms with van der Waals surface area (Å²) in [5.74, 6) is 0.565. The zero-order chi connectivity index (χ0) is 15.8. The van der Waals surface area contributed by atoms with E-state index in [0.717, 1.165) is 18.9 Å². The maximum Gasteiger partial charge on any atom is 0.433 e. The van der Waals surface area contributed by atoms with E-state index in [1.807, 2.05) is 18.7 Å². The Kier molecular flexibility index (Phi) is 4.41. The summed E-state index contributed by atoms with van der Waals surface area (Å²) in [4.78, 5) is 5.79. The minimum absolute atomic E-state index is 0.0700. The minimum atomic E-state index is -4.48. The molecule has 2 rings (SSSR count). The number of nitrogens with zero attached hydrogens (tertiary/aromatic N) is 2. The van der Waals surface area contributed by atoms with Gasteiger partial charge in [-0.05, 0) is 30.9 Å². The molecule has 1 saturated carbocycles. The van der Waals surface area contributed by atoms with E-state index in [9.17, 15) is 13.2 Å². The van der Waals surface area contributed by atoms with Crippen LogP contribution >= 0.6 is 12.2 Å². The van der Waals surface area contributed by atoms with Crippen molar-refractivity contribution in [2.45, 2.75) is 38.9 Å². The largest absolute Gasteiger partial charge is 0.433 e. The molecule has 0 amide bonds. The highest BCUT2D eigenvalue weighted by atomic mass is 32.1. The van der Waals surface area contributed by atoms with Gasteiger partial charge in [0, 0.05) is 12.6 Å². The van der Waals surface area contributed by atoms with Gasteiger partial charge < -0.3 is 10.6 Å². The highest BCUT2D eigenvalue weighted by Crippen LogP contribution is 2.36. The second-order valence-electron chi connectivity index (χ2n) is 5.71. The first-order chi connectivity index (χ1) is 9.70. The number of anilines is 1. The lowest BCUT2D eigenvalue weighted by Gasteiger charge is -2.28. The quantitative estimate of drug-likeness (QED) is 0.846. The van der Waals surface area contributed by atoms with Crippen molar-refractivity contribution in [3.8, 4) is 0 Å². The van der Waals surface area contributed by atoms with E-state index in [4.69, 9.17) is 18.0 Å². The van der Waals surface area contributed by atoms with Gasteiger partial charge in [0.2, 0.25) is 0 Å². The molecule has 116 valence electrons. The number of hydrogen-bond acceptors (Lipinski definition) is 3. The number of rotatable bonds is 5. The average molecular weight is 317 g/mol. The van der Waals surface area contributed by atoms with E-state index in [1.54, 1.807) is 0 Å². The average Bonchev–Trinajstić information content (AvgIpc) is 3.18. The second-order valence-corrected chi connectivity index (χ2v) is 6.15. The molecule has 1 aromatic rings. The lowest BCUT2D eigenvalue weighted by Crippen LogP contribution is -2.33. The molecule has 1 aromatic heterocycles. The van der Waals surface area contributed by atoms with Crippen molar-refractivity contribution in [1.82, 2.24) is 4.98 Å². The van der Waals surface area contributed by atoms with Crippen LogP contribution in [0.1, 0.15) is 37.9 Å². The Morgan fingerprint density at radius 1 is 1.43 bits per heavy atom. The zero-order valence-corrected chi connectivity index (χ0v) is 12.8. The minimum Gasteiger partial charge on any atom is -0.389 e. The van der Waals surface area contributed by atoms with Crippen LogP contribution in [0.5, 0.6) is 0 Å². The molecule has 0 unspecified atom stereocenters. The molecule has 2 N–H and O–H groups in total. The number of thiocarbonyl (C=S) groups is 1. The fraction of sp³-hybridized carbons (Fsp3) is 0.571. The van der Waals surface area contributed by atoms with Crippen LogP contribution in [-0.4, -0.2) is 22.6 Å². The first-order valence-electron chi connectivity index (χ1n) is 6.85. The Balaban J connectivity index is 2.48. The molecule has 0 radical (unpaired) electrons. The van der Waals surface area contributed by atoms with Crippen molar-refractivity contribution in [1.29, 1.82) is 0 Å². The van der Waals surface area contributed by atoms with Crippen molar-refractivity contribution in [3.63, 3.8) is 0 Å². The third-order valence-corrected chi connectivity index (χ3v) is 3.47. The molecule has 1 heterocycles. The van der Waals surface area contributed by atoms with Crippen LogP contribution in [-0.2, 0) is 6.18 Å². The molecule has 7 heteroatoms. The lowest BCUT2D eigenvalue weighted by molar-refractivity contribution is -0.141. The standard InChI is InChI=1S/C14H18F3N3S/c1-8(2)7-20(9-3-4-9)13-10(12(18)21)5-6-11(19-13)14(15,16)17/h5-6,8-9H,3-4,7H2,1-2H3,(H2,18,21). The van der Waals surface area contributed by atoms with Crippen LogP contribution in [0, 0.1) is 5.92 Å². The van der Waals surface area contributed by atoms with Crippen LogP contribution < -0.4 is 10.6 Å². The molecule has 0 atom stereocenters. The maximum absolute atomic E-state index is 12.9. The van der Waals surface area contributed by atoms with Gasteiger partial charge in [0.15, 0.2) is 0 Å². The number of pyridine rings is 1. The third kappa shape index (κ3) is 3.84. The molecular formula is C14H18F3N3S. The van der Waals surface area contributed by atoms with E-state index in [2.05, 4.69) is 4.98 Å². The van der Waals surface area contributed by atoms with Crippen LogP contribution in [0.3, 0.4) is 0 Å². The number of hydrogen-bond donors (Lipinski definition) is 1. The Morgan fingerprint density at radius 2 is 2.05 bits per heavy atom. The fourth-order valence-electron chi connectivity index (χ4n) is 2.21. The van der Waals surface area contributed by atoms with Crippen LogP contribution in [0.4, 0.5) is 19.0 Å². The van der Waals surface area contributed by atoms with E-state index < -0.39 is 11.9 Å². The fourth-order valence-corrected chi connectivity index (χ4v) is 2.36. The number of nitrogens with two attached hydrogens (primary N) is 1. The summed E-state index contributed by atoms with van der Waals surface area (Å²) in [6.07, 6.45) is -2.56. The molecule has 1 aliphatic rings. The molecule has 0 saturated heterocycles. The molecule has 0 bridgehead atoms. The van der Waals surface area contributed by atoms with Crippen LogP contribution in [0.2, 0.25) is 0 Å². The van der Waals surface area contributed by atoms with Crippen LogP contribution in [0.25, 0.3) is 0 Å². The molecular weight excluding hydrogens is 299 g/mol. The predicted molar refractivity (Wildman–Crippen MR) is 80.3 cm³/mol. The van der Waals surface area contributed by atoms with Crippen LogP contribution in [0.15, 0.2) is 12.1 Å². The number of alkyl halides is 3. The zero-order valence-electron chi connectivity index (χ0n) is 11.9. The normalized spacial score (nSPS) is 15.3. The van der Waals surface area contributed by atoms with Gasteiger partial charge in [-0.2, -0.15) is 13.2 Å². The monoisotopic (exact) mass is 317 g/mol. The van der Waals surface area contributed by atoms with E-state index in [-0.39, 0.29) is 16.8 Å². The van der Waals surface area contributed by atoms with Gasteiger partial charge in [0.25, 0.3) is 0 Å². The third-order valence-electron chi connectivity index (χ3n) is 3.25. The Bertz CT molecular complexity index is 539. The molecule has 0 spiro atoms. The summed E-state index contributed by atoms with van der Waals surface area (Å²) in [7, 11) is 0. The molecule has 0 aromatic carbocycles. The summed E-state index contributed by atoms with van der Waals surface area (Å²) in [6, 6.07) is 2.48. The number of halogens is 3. The van der Waals surface area contributed by atoms with Crippen molar-refractivity contribution < 1.29 is 13.2 Å². The molecule has 1 fully saturated rings. The van der Waals surface area contributed by atoms with Gasteiger partial charge >= 0.3 is 6.18 Å². The molecule has 0 aliphatic heterocycles. The lowest BCUT2D eigenvalue weighted by atomic mass is 10.1. The van der Waals surface area contributed by atoms with E-state index in [0.29, 0.717) is 18.0 Å². The second kappa shape index (κ2) is 5.79. The summed E-state index contributed by atoms with van der Waals surface area (Å²) in [5.41, 5.74) is 5.14. The highest BCUT2D eigenvalue weighted by Gasteiger charge is 2.36. The van der Waals surface area contributed by atoms with E-state index in [1.165, 1.54) is 6.07 Å². The maximum atomic E-state index is 12.9. The highest BCUT2D eigenvalue weighted by molar-refractivity contribution is 7.80. The first kappa shape index (κ1) is 16.0. The summed E-state index contributed by atoms with van der Waals surface area (Å²) >= 11 is 4.96. The van der Waals surface area contributed by atoms with Gasteiger partial charge in [-0.15, -0.1) is 0 Å². The van der Waals surface area contributed by atoms with Gasteiger partial charge in [-0.1, -0.05) is 26.1 Å². The molecule has 3 nitrogen and oxygen atoms in total. The smallest absolute Gasteiger partial charge is 0.389 e. The van der Waals surface area contributed by atoms with Crippen molar-refractivity contribution in [3.05, 3.63) is 23.4 Å². The topological polar surface area (TPSA) is 42.2 Å². The van der Waals surface area contributed by atoms with Gasteiger partial charge in [0.05, 0.1) is 5.56 Å². The van der Waals surface area contributed by atoms with Gasteiger partial charge in [-0.25, -0.2) is 4.98 Å². The number of aromatic nitrogens is 1. The van der Waals surface area contributed by atoms with Gasteiger partial charge in [-0.3, -0.25) is 0 Å². The molecule has 21 heavy (non-hydrogen) atoms. The van der Waals surface area contributed by atoms with Gasteiger partial charge in [0.1, 0.15) is 16.5 Å². The first-order valence-corrected chi connectivity index (χ1v) is 7.25. The van der Waals surface area contributed by atoms with E-state index >= 15 is 0 Å². The Hall–Kier alpha value is -1.37. The SMILES string of the molecule is CC(C)CN(c1nc(C(F)(F)F)ccc1C(N)=S)C1CC1. The summed E-state index contributed by atoms with van der Waals surface area (Å²) < 4.78 is 38.7. The van der Waals surface area contributed by atoms with Crippen molar-refractivity contribution in [2.75, 3.05) is 11.4 Å². The molecule has 1 aliphatic carbocycles. The Morgan fingerprint density at radius 3 is 2.48 bits per heavy atom. The summed E-state index contributed by atoms with van der Waals surface area (Å²) in [5, 5.41) is 0. The predicted octanol–water partition coefficient (Wildman–Crippen LogP) is 3.36. The van der Waals surface area contributed by atoms with Crippen molar-refractivity contribution in [2.24, 2.45) is 11.7 Å². The van der Waals surface area contributed by atoms with Crippen molar-refractivity contribution >= 4 is 23.0 Å². The Labute approximate surface area is 127 Å². The summed E-state index contributed by atoms with van der Waals surface area (Å²) in [6.45, 7) is 4.67.